The topological polar surface area (TPSA) is 115 Å². The molecule has 0 bridgehead atoms. The molecule has 2 aromatic rings. The average molecular weight is 361 g/mol. The van der Waals surface area contributed by atoms with Crippen molar-refractivity contribution in [3.05, 3.63) is 39.5 Å². The lowest BCUT2D eigenvalue weighted by atomic mass is 9.89. The molecule has 0 saturated heterocycles. The third-order valence-corrected chi connectivity index (χ3v) is 5.06. The Morgan fingerprint density at radius 2 is 1.96 bits per heavy atom. The molecule has 2 aliphatic rings. The molecule has 130 valence electrons. The van der Waals surface area contributed by atoms with Gasteiger partial charge in [-0.25, -0.2) is 9.97 Å². The summed E-state index contributed by atoms with van der Waals surface area (Å²) in [4.78, 5) is 33.4. The number of carbonyl (C=O) groups is 1. The molecule has 1 saturated carbocycles. The Hall–Kier alpha value is -2.61. The molecule has 0 radical (unpaired) electrons. The van der Waals surface area contributed by atoms with Crippen molar-refractivity contribution in [2.75, 3.05) is 11.1 Å². The van der Waals surface area contributed by atoms with E-state index in [0.717, 1.165) is 19.3 Å². The van der Waals surface area contributed by atoms with Gasteiger partial charge >= 0.3 is 0 Å². The summed E-state index contributed by atoms with van der Waals surface area (Å²) in [5.74, 6) is 0.364. The monoisotopic (exact) mass is 360 g/mol. The average Bonchev–Trinajstić information content (AvgIpc) is 2.85. The van der Waals surface area contributed by atoms with E-state index in [1.54, 1.807) is 0 Å². The first kappa shape index (κ1) is 15.9. The van der Waals surface area contributed by atoms with Crippen LogP contribution in [-0.2, 0) is 5.66 Å². The number of nitrogen functional groups attached to an aromatic ring is 1. The molecule has 0 atom stereocenters. The highest BCUT2D eigenvalue weighted by molar-refractivity contribution is 6.34. The first-order valence-electron chi connectivity index (χ1n) is 8.13. The highest BCUT2D eigenvalue weighted by Crippen LogP contribution is 2.38. The minimum absolute atomic E-state index is 0.223. The van der Waals surface area contributed by atoms with Crippen molar-refractivity contribution in [2.24, 2.45) is 0 Å². The summed E-state index contributed by atoms with van der Waals surface area (Å²) >= 11 is 6.32. The Labute approximate surface area is 148 Å². The molecule has 4 N–H and O–H groups in total. The molecule has 2 aromatic heterocycles. The van der Waals surface area contributed by atoms with Crippen molar-refractivity contribution < 1.29 is 4.79 Å². The van der Waals surface area contributed by atoms with Crippen LogP contribution >= 0.6 is 11.6 Å². The van der Waals surface area contributed by atoms with Crippen molar-refractivity contribution in [1.82, 2.24) is 19.9 Å². The number of carbonyl (C=O) groups excluding carboxylic acids is 1. The van der Waals surface area contributed by atoms with E-state index in [-0.39, 0.29) is 33.7 Å². The molecule has 1 aliphatic heterocycles. The Balaban J connectivity index is 1.84. The number of rotatable bonds is 2. The number of amides is 1. The number of fused-ring (bicyclic) bond motifs is 2. The molecule has 25 heavy (non-hydrogen) atoms. The lowest BCUT2D eigenvalue weighted by Crippen LogP contribution is -2.48. The van der Waals surface area contributed by atoms with Crippen LogP contribution in [0.15, 0.2) is 23.3 Å². The van der Waals surface area contributed by atoms with Crippen LogP contribution in [0.1, 0.15) is 42.6 Å². The van der Waals surface area contributed by atoms with E-state index in [4.69, 9.17) is 17.3 Å². The second kappa shape index (κ2) is 5.73. The van der Waals surface area contributed by atoms with E-state index in [9.17, 15) is 9.59 Å². The predicted octanol–water partition coefficient (Wildman–Crippen LogP) is 1.98. The normalized spacial score (nSPS) is 18.0. The number of nitrogens with two attached hydrogens (primary N) is 1. The molecule has 4 rings (SSSR count). The number of aromatic nitrogens is 3. The number of nitrogens with zero attached hydrogens (tertiary/aromatic N) is 3. The van der Waals surface area contributed by atoms with E-state index in [1.165, 1.54) is 23.0 Å². The lowest BCUT2D eigenvalue weighted by molar-refractivity contribution is 0.0877. The van der Waals surface area contributed by atoms with Gasteiger partial charge in [0.1, 0.15) is 35.0 Å². The zero-order valence-electron chi connectivity index (χ0n) is 13.4. The van der Waals surface area contributed by atoms with Gasteiger partial charge in [0.05, 0.1) is 5.02 Å². The van der Waals surface area contributed by atoms with Crippen molar-refractivity contribution in [3.63, 3.8) is 0 Å². The third-order valence-electron chi connectivity index (χ3n) is 4.78. The standard InChI is InChI=1S/C16H17ClN6O2/c17-9-6-10(21-12-7-11(18)19-8-20-12)15(25)23-13(9)14(24)22-16(23)4-2-1-3-5-16/h6-8H,1-5H2,(H,22,24)(H3,18,19,20,21). The largest absolute Gasteiger partial charge is 0.384 e. The molecule has 9 heteroatoms. The van der Waals surface area contributed by atoms with Gasteiger partial charge in [-0.2, -0.15) is 0 Å². The zero-order chi connectivity index (χ0) is 17.6. The maximum absolute atomic E-state index is 13.1. The first-order chi connectivity index (χ1) is 12.0. The number of pyridine rings is 1. The van der Waals surface area contributed by atoms with Crippen molar-refractivity contribution in [1.29, 1.82) is 0 Å². The fourth-order valence-corrected chi connectivity index (χ4v) is 3.96. The smallest absolute Gasteiger partial charge is 0.276 e. The molecular formula is C16H17ClN6O2. The van der Waals surface area contributed by atoms with Crippen molar-refractivity contribution >= 4 is 34.8 Å². The fourth-order valence-electron chi connectivity index (χ4n) is 3.68. The molecular weight excluding hydrogens is 344 g/mol. The van der Waals surface area contributed by atoms with Crippen molar-refractivity contribution in [3.8, 4) is 0 Å². The maximum atomic E-state index is 13.1. The van der Waals surface area contributed by atoms with E-state index < -0.39 is 5.66 Å². The molecule has 1 spiro atoms. The Morgan fingerprint density at radius 1 is 1.20 bits per heavy atom. The van der Waals surface area contributed by atoms with Gasteiger partial charge in [0, 0.05) is 6.07 Å². The molecule has 0 unspecified atom stereocenters. The minimum atomic E-state index is -0.687. The number of halogens is 1. The summed E-state index contributed by atoms with van der Waals surface area (Å²) in [5, 5.41) is 6.14. The molecule has 0 aromatic carbocycles. The maximum Gasteiger partial charge on any atom is 0.276 e. The van der Waals surface area contributed by atoms with Crippen LogP contribution in [0, 0.1) is 0 Å². The highest BCUT2D eigenvalue weighted by atomic mass is 35.5. The van der Waals surface area contributed by atoms with Crippen LogP contribution in [0.2, 0.25) is 5.02 Å². The fraction of sp³-hybridized carbons (Fsp3) is 0.375. The van der Waals surface area contributed by atoms with Gasteiger partial charge in [0.25, 0.3) is 11.5 Å². The second-order valence-electron chi connectivity index (χ2n) is 6.39. The summed E-state index contributed by atoms with van der Waals surface area (Å²) in [7, 11) is 0. The lowest BCUT2D eigenvalue weighted by Gasteiger charge is -2.35. The number of nitrogens with one attached hydrogen (secondary N) is 2. The van der Waals surface area contributed by atoms with Gasteiger partial charge in [0.15, 0.2) is 0 Å². The van der Waals surface area contributed by atoms with E-state index in [1.807, 2.05) is 0 Å². The summed E-state index contributed by atoms with van der Waals surface area (Å²) in [5.41, 5.74) is 5.12. The molecule has 1 amide bonds. The van der Waals surface area contributed by atoms with Crippen molar-refractivity contribution in [2.45, 2.75) is 37.8 Å². The second-order valence-corrected chi connectivity index (χ2v) is 6.80. The summed E-state index contributed by atoms with van der Waals surface area (Å²) < 4.78 is 1.52. The number of anilines is 3. The van der Waals surface area contributed by atoms with Crippen LogP contribution in [0.3, 0.4) is 0 Å². The predicted molar refractivity (Wildman–Crippen MR) is 94.0 cm³/mol. The number of hydrogen-bond donors (Lipinski definition) is 3. The Bertz CT molecular complexity index is 919. The van der Waals surface area contributed by atoms with Crippen LogP contribution in [-0.4, -0.2) is 20.4 Å². The third kappa shape index (κ3) is 2.53. The molecule has 1 aliphatic carbocycles. The van der Waals surface area contributed by atoms with E-state index in [2.05, 4.69) is 20.6 Å². The highest BCUT2D eigenvalue weighted by Gasteiger charge is 2.45. The SMILES string of the molecule is Nc1cc(Nc2cc(Cl)c3n(c2=O)C2(CCCCC2)NC3=O)ncn1. The zero-order valence-corrected chi connectivity index (χ0v) is 14.1. The Morgan fingerprint density at radius 3 is 2.68 bits per heavy atom. The van der Waals surface area contributed by atoms with Gasteiger partial charge < -0.3 is 16.4 Å². The van der Waals surface area contributed by atoms with Gasteiger partial charge in [-0.1, -0.05) is 18.0 Å². The van der Waals surface area contributed by atoms with E-state index >= 15 is 0 Å². The van der Waals surface area contributed by atoms with Crippen LogP contribution in [0.25, 0.3) is 0 Å². The van der Waals surface area contributed by atoms with Gasteiger partial charge in [-0.05, 0) is 31.7 Å². The molecule has 1 fully saturated rings. The van der Waals surface area contributed by atoms with Crippen LogP contribution < -0.4 is 21.9 Å². The van der Waals surface area contributed by atoms with Gasteiger partial charge in [-0.3, -0.25) is 14.2 Å². The summed E-state index contributed by atoms with van der Waals surface area (Å²) in [6.45, 7) is 0. The quantitative estimate of drug-likeness (QED) is 0.754. The number of hydrogen-bond acceptors (Lipinski definition) is 6. The van der Waals surface area contributed by atoms with Crippen LogP contribution in [0.5, 0.6) is 0 Å². The Kier molecular flexibility index (Phi) is 3.64. The van der Waals surface area contributed by atoms with Gasteiger partial charge in [-0.15, -0.1) is 0 Å². The minimum Gasteiger partial charge on any atom is -0.384 e. The van der Waals surface area contributed by atoms with Gasteiger partial charge in [0.2, 0.25) is 0 Å². The van der Waals surface area contributed by atoms with E-state index in [0.29, 0.717) is 18.7 Å². The summed E-state index contributed by atoms with van der Waals surface area (Å²) in [6.07, 6.45) is 5.72. The molecule has 3 heterocycles. The summed E-state index contributed by atoms with van der Waals surface area (Å²) in [6, 6.07) is 2.97. The first-order valence-corrected chi connectivity index (χ1v) is 8.51. The van der Waals surface area contributed by atoms with Crippen LogP contribution in [0.4, 0.5) is 17.3 Å². The molecule has 8 nitrogen and oxygen atoms in total.